The van der Waals surface area contributed by atoms with Gasteiger partial charge in [-0.15, -0.1) is 0 Å². The smallest absolute Gasteiger partial charge is 0.256 e. The summed E-state index contributed by atoms with van der Waals surface area (Å²) in [4.78, 5) is 16.1. The van der Waals surface area contributed by atoms with Crippen molar-refractivity contribution in [3.05, 3.63) is 47.7 Å². The van der Waals surface area contributed by atoms with Crippen LogP contribution < -0.4 is 15.8 Å². The molecule has 1 aromatic heterocycles. The monoisotopic (exact) mass is 257 g/mol. The third-order valence-corrected chi connectivity index (χ3v) is 2.65. The number of carbonyl (C=O) groups is 1. The molecule has 1 amide bonds. The molecule has 1 aromatic carbocycles. The van der Waals surface area contributed by atoms with Gasteiger partial charge in [0.05, 0.1) is 12.8 Å². The van der Waals surface area contributed by atoms with Crippen LogP contribution in [0.2, 0.25) is 0 Å². The zero-order valence-corrected chi connectivity index (χ0v) is 10.8. The van der Waals surface area contributed by atoms with E-state index in [2.05, 4.69) is 10.3 Å². The molecule has 2 aromatic rings. The van der Waals surface area contributed by atoms with E-state index in [1.807, 2.05) is 13.0 Å². The highest BCUT2D eigenvalue weighted by Gasteiger charge is 2.09. The fraction of sp³-hybridized carbons (Fsp3) is 0.143. The summed E-state index contributed by atoms with van der Waals surface area (Å²) in [5, 5.41) is 2.72. The molecule has 0 radical (unpaired) electrons. The van der Waals surface area contributed by atoms with E-state index < -0.39 is 0 Å². The number of nitrogen functional groups attached to an aromatic ring is 1. The van der Waals surface area contributed by atoms with Crippen LogP contribution in [-0.2, 0) is 0 Å². The number of amides is 1. The maximum atomic E-state index is 12.0. The fourth-order valence-corrected chi connectivity index (χ4v) is 1.67. The lowest BCUT2D eigenvalue weighted by Crippen LogP contribution is -2.13. The molecule has 5 heteroatoms. The number of aromatic nitrogens is 1. The van der Waals surface area contributed by atoms with Crippen molar-refractivity contribution in [3.63, 3.8) is 0 Å². The summed E-state index contributed by atoms with van der Waals surface area (Å²) in [7, 11) is 1.53. The summed E-state index contributed by atoms with van der Waals surface area (Å²) in [6.45, 7) is 1.93. The number of nitrogens with zero attached hydrogens (tertiary/aromatic N) is 1. The minimum atomic E-state index is -0.257. The van der Waals surface area contributed by atoms with Crippen LogP contribution in [0.3, 0.4) is 0 Å². The number of methoxy groups -OCH3 is 1. The molecule has 0 spiro atoms. The van der Waals surface area contributed by atoms with Crippen molar-refractivity contribution in [3.8, 4) is 5.75 Å². The van der Waals surface area contributed by atoms with Crippen LogP contribution in [0.5, 0.6) is 5.75 Å². The Morgan fingerprint density at radius 2 is 2.11 bits per heavy atom. The van der Waals surface area contributed by atoms with E-state index in [-0.39, 0.29) is 5.91 Å². The standard InChI is InChI=1S/C14H15N3O2/c1-9-5-6-16-13(7-9)17-14(18)10-3-4-12(19-2)11(15)8-10/h3-8H,15H2,1-2H3,(H,16,17,18). The van der Waals surface area contributed by atoms with E-state index >= 15 is 0 Å². The van der Waals surface area contributed by atoms with Crippen LogP contribution >= 0.6 is 0 Å². The Morgan fingerprint density at radius 3 is 2.74 bits per heavy atom. The third kappa shape index (κ3) is 3.01. The summed E-state index contributed by atoms with van der Waals surface area (Å²) in [5.74, 6) is 0.803. The molecule has 1 heterocycles. The van der Waals surface area contributed by atoms with E-state index in [0.717, 1.165) is 5.56 Å². The molecule has 0 saturated heterocycles. The summed E-state index contributed by atoms with van der Waals surface area (Å²) < 4.78 is 5.04. The van der Waals surface area contributed by atoms with Crippen molar-refractivity contribution < 1.29 is 9.53 Å². The summed E-state index contributed by atoms with van der Waals surface area (Å²) in [5.41, 5.74) is 7.68. The van der Waals surface area contributed by atoms with Gasteiger partial charge in [-0.3, -0.25) is 4.79 Å². The lowest BCUT2D eigenvalue weighted by atomic mass is 10.1. The number of nitrogens with one attached hydrogen (secondary N) is 1. The van der Waals surface area contributed by atoms with Crippen molar-refractivity contribution in [1.82, 2.24) is 4.98 Å². The molecule has 19 heavy (non-hydrogen) atoms. The van der Waals surface area contributed by atoms with Gasteiger partial charge < -0.3 is 15.8 Å². The molecule has 0 unspecified atom stereocenters. The van der Waals surface area contributed by atoms with Gasteiger partial charge in [-0.05, 0) is 42.8 Å². The normalized spacial score (nSPS) is 10.0. The number of benzene rings is 1. The van der Waals surface area contributed by atoms with Crippen molar-refractivity contribution in [2.75, 3.05) is 18.2 Å². The van der Waals surface area contributed by atoms with Gasteiger partial charge in [-0.2, -0.15) is 0 Å². The van der Waals surface area contributed by atoms with Gasteiger partial charge in [0.25, 0.3) is 5.91 Å². The Balaban J connectivity index is 2.18. The fourth-order valence-electron chi connectivity index (χ4n) is 1.67. The lowest BCUT2D eigenvalue weighted by Gasteiger charge is -2.08. The topological polar surface area (TPSA) is 77.2 Å². The maximum Gasteiger partial charge on any atom is 0.256 e. The zero-order chi connectivity index (χ0) is 13.8. The number of hydrogen-bond donors (Lipinski definition) is 2. The number of carbonyl (C=O) groups excluding carboxylic acids is 1. The summed E-state index contributed by atoms with van der Waals surface area (Å²) in [6.07, 6.45) is 1.65. The molecule has 0 saturated carbocycles. The van der Waals surface area contributed by atoms with Crippen LogP contribution in [0.4, 0.5) is 11.5 Å². The van der Waals surface area contributed by atoms with Crippen LogP contribution in [0.1, 0.15) is 15.9 Å². The first kappa shape index (κ1) is 12.9. The van der Waals surface area contributed by atoms with Crippen molar-refractivity contribution >= 4 is 17.4 Å². The van der Waals surface area contributed by atoms with E-state index in [9.17, 15) is 4.79 Å². The molecule has 2 rings (SSSR count). The average molecular weight is 257 g/mol. The predicted molar refractivity (Wildman–Crippen MR) is 74.3 cm³/mol. The van der Waals surface area contributed by atoms with E-state index in [1.165, 1.54) is 7.11 Å². The number of pyridine rings is 1. The zero-order valence-electron chi connectivity index (χ0n) is 10.8. The van der Waals surface area contributed by atoms with Crippen molar-refractivity contribution in [1.29, 1.82) is 0 Å². The lowest BCUT2D eigenvalue weighted by molar-refractivity contribution is 0.102. The Labute approximate surface area is 111 Å². The molecule has 0 aliphatic carbocycles. The Bertz CT molecular complexity index is 611. The molecule has 0 aliphatic heterocycles. The first-order chi connectivity index (χ1) is 9.10. The van der Waals surface area contributed by atoms with E-state index in [1.54, 1.807) is 30.5 Å². The van der Waals surface area contributed by atoms with Crippen LogP contribution in [0.15, 0.2) is 36.5 Å². The molecular weight excluding hydrogens is 242 g/mol. The summed E-state index contributed by atoms with van der Waals surface area (Å²) >= 11 is 0. The molecule has 0 fully saturated rings. The van der Waals surface area contributed by atoms with Crippen molar-refractivity contribution in [2.24, 2.45) is 0 Å². The minimum absolute atomic E-state index is 0.257. The third-order valence-electron chi connectivity index (χ3n) is 2.65. The van der Waals surface area contributed by atoms with Crippen molar-refractivity contribution in [2.45, 2.75) is 6.92 Å². The maximum absolute atomic E-state index is 12.0. The second-order valence-corrected chi connectivity index (χ2v) is 4.13. The SMILES string of the molecule is COc1ccc(C(=O)Nc2cc(C)ccn2)cc1N. The Hall–Kier alpha value is -2.56. The summed E-state index contributed by atoms with van der Waals surface area (Å²) in [6, 6.07) is 8.55. The number of hydrogen-bond acceptors (Lipinski definition) is 4. The van der Waals surface area contributed by atoms with Gasteiger partial charge in [0.2, 0.25) is 0 Å². The van der Waals surface area contributed by atoms with E-state index in [4.69, 9.17) is 10.5 Å². The Kier molecular flexibility index (Phi) is 3.66. The molecule has 3 N–H and O–H groups in total. The first-order valence-corrected chi connectivity index (χ1v) is 5.77. The second-order valence-electron chi connectivity index (χ2n) is 4.13. The molecular formula is C14H15N3O2. The Morgan fingerprint density at radius 1 is 1.32 bits per heavy atom. The van der Waals surface area contributed by atoms with E-state index in [0.29, 0.717) is 22.8 Å². The molecule has 0 atom stereocenters. The molecule has 0 aliphatic rings. The minimum Gasteiger partial charge on any atom is -0.495 e. The van der Waals surface area contributed by atoms with Gasteiger partial charge in [-0.1, -0.05) is 0 Å². The number of rotatable bonds is 3. The average Bonchev–Trinajstić information content (AvgIpc) is 2.38. The second kappa shape index (κ2) is 5.39. The molecule has 0 bridgehead atoms. The quantitative estimate of drug-likeness (QED) is 0.827. The van der Waals surface area contributed by atoms with Gasteiger partial charge in [-0.25, -0.2) is 4.98 Å². The van der Waals surface area contributed by atoms with Gasteiger partial charge in [0, 0.05) is 11.8 Å². The molecule has 98 valence electrons. The highest BCUT2D eigenvalue weighted by atomic mass is 16.5. The first-order valence-electron chi connectivity index (χ1n) is 5.77. The predicted octanol–water partition coefficient (Wildman–Crippen LogP) is 2.23. The van der Waals surface area contributed by atoms with Gasteiger partial charge >= 0.3 is 0 Å². The largest absolute Gasteiger partial charge is 0.495 e. The number of ether oxygens (including phenoxy) is 1. The highest BCUT2D eigenvalue weighted by molar-refractivity contribution is 6.04. The molecule has 5 nitrogen and oxygen atoms in total. The number of anilines is 2. The van der Waals surface area contributed by atoms with Crippen LogP contribution in [-0.4, -0.2) is 18.0 Å². The number of aryl methyl sites for hydroxylation is 1. The highest BCUT2D eigenvalue weighted by Crippen LogP contribution is 2.22. The van der Waals surface area contributed by atoms with Crippen LogP contribution in [0, 0.1) is 6.92 Å². The van der Waals surface area contributed by atoms with Crippen LogP contribution in [0.25, 0.3) is 0 Å². The van der Waals surface area contributed by atoms with Gasteiger partial charge in [0.1, 0.15) is 11.6 Å². The van der Waals surface area contributed by atoms with Gasteiger partial charge in [0.15, 0.2) is 0 Å². The number of nitrogens with two attached hydrogens (primary N) is 1.